The van der Waals surface area contributed by atoms with E-state index in [1.165, 1.54) is 16.0 Å². The second kappa shape index (κ2) is 7.57. The smallest absolute Gasteiger partial charge is 0.185 e. The van der Waals surface area contributed by atoms with Crippen LogP contribution in [0.1, 0.15) is 42.8 Å². The molecule has 0 aliphatic carbocycles. The number of nitrogens with one attached hydrogen (secondary N) is 1. The minimum atomic E-state index is 0.351. The van der Waals surface area contributed by atoms with Crippen molar-refractivity contribution in [3.05, 3.63) is 46.5 Å². The summed E-state index contributed by atoms with van der Waals surface area (Å²) in [5.41, 5.74) is 2.64. The first kappa shape index (κ1) is 16.0. The number of aryl methyl sites for hydroxylation is 1. The van der Waals surface area contributed by atoms with Gasteiger partial charge in [-0.05, 0) is 33.3 Å². The largest absolute Gasteiger partial charge is 0.349 e. The Hall–Kier alpha value is -1.39. The molecule has 4 heteroatoms. The van der Waals surface area contributed by atoms with E-state index in [0.717, 1.165) is 24.8 Å². The summed E-state index contributed by atoms with van der Waals surface area (Å²) in [5, 5.41) is 4.71. The van der Waals surface area contributed by atoms with Crippen LogP contribution in [0.5, 0.6) is 0 Å². The van der Waals surface area contributed by atoms with Crippen molar-refractivity contribution in [2.24, 2.45) is 0 Å². The molecule has 114 valence electrons. The third kappa shape index (κ3) is 4.29. The van der Waals surface area contributed by atoms with Crippen LogP contribution in [0.15, 0.2) is 30.5 Å². The number of thiazole rings is 1. The molecule has 0 unspecified atom stereocenters. The van der Waals surface area contributed by atoms with E-state index in [4.69, 9.17) is 0 Å². The van der Waals surface area contributed by atoms with Crippen LogP contribution in [0.4, 0.5) is 5.13 Å². The van der Waals surface area contributed by atoms with Gasteiger partial charge in [0.1, 0.15) is 0 Å². The first-order valence-corrected chi connectivity index (χ1v) is 8.45. The lowest BCUT2D eigenvalue weighted by Crippen LogP contribution is -2.21. The Balaban J connectivity index is 1.94. The molecule has 2 rings (SSSR count). The Morgan fingerprint density at radius 3 is 2.71 bits per heavy atom. The number of anilines is 1. The molecular weight excluding hydrogens is 278 g/mol. The van der Waals surface area contributed by atoms with Crippen LogP contribution in [0.3, 0.4) is 0 Å². The van der Waals surface area contributed by atoms with E-state index in [-0.39, 0.29) is 0 Å². The highest BCUT2D eigenvalue weighted by molar-refractivity contribution is 7.15. The van der Waals surface area contributed by atoms with Gasteiger partial charge in [0.15, 0.2) is 5.13 Å². The summed E-state index contributed by atoms with van der Waals surface area (Å²) in [5.74, 6) is 0. The quantitative estimate of drug-likeness (QED) is 0.833. The van der Waals surface area contributed by atoms with E-state index in [9.17, 15) is 0 Å². The first-order chi connectivity index (χ1) is 10.1. The first-order valence-electron chi connectivity index (χ1n) is 7.63. The number of hydrogen-bond donors (Lipinski definition) is 1. The summed E-state index contributed by atoms with van der Waals surface area (Å²) in [6, 6.07) is 9.03. The average molecular weight is 303 g/mol. The van der Waals surface area contributed by atoms with Crippen LogP contribution in [-0.2, 0) is 6.54 Å². The van der Waals surface area contributed by atoms with Crippen LogP contribution >= 0.6 is 11.3 Å². The monoisotopic (exact) mass is 303 g/mol. The lowest BCUT2D eigenvalue weighted by Gasteiger charge is -2.16. The van der Waals surface area contributed by atoms with Crippen molar-refractivity contribution in [2.75, 3.05) is 18.0 Å². The highest BCUT2D eigenvalue weighted by Crippen LogP contribution is 2.23. The molecule has 1 aromatic heterocycles. The molecular formula is C17H25N3S. The maximum absolute atomic E-state index is 4.53. The molecule has 2 aromatic rings. The molecule has 0 amide bonds. The van der Waals surface area contributed by atoms with Crippen LogP contribution < -0.4 is 10.2 Å². The van der Waals surface area contributed by atoms with Gasteiger partial charge < -0.3 is 10.2 Å². The summed E-state index contributed by atoms with van der Waals surface area (Å²) < 4.78 is 0. The molecule has 1 aromatic carbocycles. The Morgan fingerprint density at radius 2 is 2.05 bits per heavy atom. The predicted molar refractivity (Wildman–Crippen MR) is 92.1 cm³/mol. The van der Waals surface area contributed by atoms with E-state index in [1.54, 1.807) is 11.3 Å². The van der Waals surface area contributed by atoms with Gasteiger partial charge in [0.05, 0.1) is 0 Å². The summed E-state index contributed by atoms with van der Waals surface area (Å²) in [6.07, 6.45) is 1.99. The van der Waals surface area contributed by atoms with Gasteiger partial charge in [0.25, 0.3) is 0 Å². The fourth-order valence-electron chi connectivity index (χ4n) is 2.33. The molecule has 1 N–H and O–H groups in total. The average Bonchev–Trinajstić information content (AvgIpc) is 2.95. The van der Waals surface area contributed by atoms with Crippen LogP contribution in [-0.4, -0.2) is 18.1 Å². The highest BCUT2D eigenvalue weighted by atomic mass is 32.1. The maximum Gasteiger partial charge on any atom is 0.185 e. The van der Waals surface area contributed by atoms with Crippen molar-refractivity contribution in [3.8, 4) is 0 Å². The molecule has 0 aliphatic rings. The lowest BCUT2D eigenvalue weighted by molar-refractivity contribution is 0.578. The molecule has 1 atom stereocenters. The molecule has 0 saturated heterocycles. The summed E-state index contributed by atoms with van der Waals surface area (Å²) in [4.78, 5) is 8.11. The lowest BCUT2D eigenvalue weighted by atomic mass is 10.1. The minimum Gasteiger partial charge on any atom is -0.349 e. The van der Waals surface area contributed by atoms with Crippen LogP contribution in [0.25, 0.3) is 0 Å². The van der Waals surface area contributed by atoms with Crippen LogP contribution in [0, 0.1) is 6.92 Å². The maximum atomic E-state index is 4.53. The van der Waals surface area contributed by atoms with Gasteiger partial charge >= 0.3 is 0 Å². The zero-order valence-electron chi connectivity index (χ0n) is 13.4. The van der Waals surface area contributed by atoms with Crippen LogP contribution in [0.2, 0.25) is 0 Å². The third-order valence-electron chi connectivity index (χ3n) is 3.70. The fraction of sp³-hybridized carbons (Fsp3) is 0.471. The van der Waals surface area contributed by atoms with Crippen molar-refractivity contribution in [3.63, 3.8) is 0 Å². The minimum absolute atomic E-state index is 0.351. The molecule has 0 saturated carbocycles. The number of hydrogen-bond acceptors (Lipinski definition) is 4. The number of benzene rings is 1. The summed E-state index contributed by atoms with van der Waals surface area (Å²) in [7, 11) is 0. The van der Waals surface area contributed by atoms with Gasteiger partial charge in [-0.1, -0.05) is 29.8 Å². The van der Waals surface area contributed by atoms with E-state index in [2.05, 4.69) is 67.2 Å². The Bertz CT molecular complexity index is 561. The fourth-order valence-corrected chi connectivity index (χ4v) is 3.32. The SMILES string of the molecule is CCN(CC)c1ncc(CN[C@@H](C)c2cccc(C)c2)s1. The van der Waals surface area contributed by atoms with Crippen molar-refractivity contribution < 1.29 is 0 Å². The van der Waals surface area contributed by atoms with Crippen molar-refractivity contribution in [1.29, 1.82) is 0 Å². The van der Waals surface area contributed by atoms with E-state index in [0.29, 0.717) is 6.04 Å². The van der Waals surface area contributed by atoms with Gasteiger partial charge in [-0.25, -0.2) is 4.98 Å². The van der Waals surface area contributed by atoms with Crippen molar-refractivity contribution in [1.82, 2.24) is 10.3 Å². The molecule has 1 heterocycles. The van der Waals surface area contributed by atoms with Gasteiger partial charge in [-0.15, -0.1) is 11.3 Å². The molecule has 0 fully saturated rings. The molecule has 0 radical (unpaired) electrons. The van der Waals surface area contributed by atoms with Gasteiger partial charge in [0.2, 0.25) is 0 Å². The molecule has 0 aliphatic heterocycles. The van der Waals surface area contributed by atoms with Gasteiger partial charge in [0, 0.05) is 36.8 Å². The second-order valence-corrected chi connectivity index (χ2v) is 6.39. The third-order valence-corrected chi connectivity index (χ3v) is 4.76. The summed E-state index contributed by atoms with van der Waals surface area (Å²) >= 11 is 1.78. The van der Waals surface area contributed by atoms with Crippen molar-refractivity contribution >= 4 is 16.5 Å². The Morgan fingerprint density at radius 1 is 1.29 bits per heavy atom. The van der Waals surface area contributed by atoms with Gasteiger partial charge in [-0.3, -0.25) is 0 Å². The zero-order valence-corrected chi connectivity index (χ0v) is 14.2. The highest BCUT2D eigenvalue weighted by Gasteiger charge is 2.09. The topological polar surface area (TPSA) is 28.2 Å². The second-order valence-electron chi connectivity index (χ2n) is 5.30. The molecule has 0 spiro atoms. The number of rotatable bonds is 7. The van der Waals surface area contributed by atoms with E-state index < -0.39 is 0 Å². The molecule has 0 bridgehead atoms. The molecule has 21 heavy (non-hydrogen) atoms. The molecule has 3 nitrogen and oxygen atoms in total. The van der Waals surface area contributed by atoms with Gasteiger partial charge in [-0.2, -0.15) is 0 Å². The Labute approximate surface area is 132 Å². The standard InChI is InChI=1S/C17H25N3S/c1-5-20(6-2)17-19-12-16(21-17)11-18-14(4)15-9-7-8-13(3)10-15/h7-10,12,14,18H,5-6,11H2,1-4H3/t14-/m0/s1. The summed E-state index contributed by atoms with van der Waals surface area (Å²) in [6.45, 7) is 11.6. The number of aromatic nitrogens is 1. The Kier molecular flexibility index (Phi) is 5.76. The normalized spacial score (nSPS) is 12.4. The van der Waals surface area contributed by atoms with E-state index in [1.807, 2.05) is 6.20 Å². The zero-order chi connectivity index (χ0) is 15.2. The number of nitrogens with zero attached hydrogens (tertiary/aromatic N) is 2. The van der Waals surface area contributed by atoms with E-state index >= 15 is 0 Å². The van der Waals surface area contributed by atoms with Crippen molar-refractivity contribution in [2.45, 2.75) is 40.3 Å². The predicted octanol–water partition coefficient (Wildman–Crippen LogP) is 4.15.